The molecule has 2 N–H and O–H groups in total. The summed E-state index contributed by atoms with van der Waals surface area (Å²) in [5, 5.41) is 12.4. The average molecular weight is 476 g/mol. The Hall–Kier alpha value is -3.23. The van der Waals surface area contributed by atoms with Gasteiger partial charge in [-0.05, 0) is 72.6 Å². The van der Waals surface area contributed by atoms with E-state index in [9.17, 15) is 18.0 Å². The highest BCUT2D eigenvalue weighted by Gasteiger charge is 2.35. The van der Waals surface area contributed by atoms with E-state index in [4.69, 9.17) is 10.1 Å². The second kappa shape index (κ2) is 8.85. The van der Waals surface area contributed by atoms with Crippen LogP contribution in [0.15, 0.2) is 42.5 Å². The number of halogens is 3. The number of carbonyl (C=O) groups is 1. The average Bonchev–Trinajstić information content (AvgIpc) is 3.03. The van der Waals surface area contributed by atoms with Crippen LogP contribution in [0.5, 0.6) is 5.75 Å². The molecule has 0 amide bonds. The number of hydrogen-bond acceptors (Lipinski definition) is 4. The van der Waals surface area contributed by atoms with Crippen molar-refractivity contribution in [2.75, 3.05) is 5.32 Å². The van der Waals surface area contributed by atoms with E-state index in [2.05, 4.69) is 35.4 Å². The van der Waals surface area contributed by atoms with Gasteiger partial charge in [-0.2, -0.15) is 0 Å². The van der Waals surface area contributed by atoms with E-state index in [0.717, 1.165) is 24.8 Å². The molecular weight excluding hydrogens is 447 g/mol. The van der Waals surface area contributed by atoms with Crippen molar-refractivity contribution < 1.29 is 27.8 Å². The molecule has 2 atom stereocenters. The maximum atomic E-state index is 12.5. The maximum Gasteiger partial charge on any atom is 0.573 e. The van der Waals surface area contributed by atoms with Crippen molar-refractivity contribution >= 4 is 28.6 Å². The van der Waals surface area contributed by atoms with Crippen molar-refractivity contribution in [3.05, 3.63) is 48.0 Å². The molecule has 0 saturated heterocycles. The number of aliphatic carboxylic acids is 1. The van der Waals surface area contributed by atoms with E-state index in [1.807, 2.05) is 6.07 Å². The van der Waals surface area contributed by atoms with Crippen LogP contribution in [0.4, 0.5) is 24.8 Å². The second-order valence-corrected chi connectivity index (χ2v) is 9.96. The summed E-state index contributed by atoms with van der Waals surface area (Å²) < 4.78 is 43.6. The zero-order valence-corrected chi connectivity index (χ0v) is 19.3. The number of benzene rings is 2. The predicted molar refractivity (Wildman–Crippen MR) is 123 cm³/mol. The minimum atomic E-state index is -4.75. The molecule has 0 bridgehead atoms. The van der Waals surface area contributed by atoms with Crippen LogP contribution in [0.3, 0.4) is 0 Å². The Kier molecular flexibility index (Phi) is 6.22. The van der Waals surface area contributed by atoms with Crippen LogP contribution in [0.25, 0.3) is 11.0 Å². The van der Waals surface area contributed by atoms with Gasteiger partial charge in [0.05, 0.1) is 17.5 Å². The zero-order valence-electron chi connectivity index (χ0n) is 19.3. The number of aromatic nitrogens is 2. The number of alkyl halides is 3. The third-order valence-corrected chi connectivity index (χ3v) is 6.18. The van der Waals surface area contributed by atoms with Crippen molar-refractivity contribution in [2.45, 2.75) is 58.9 Å². The maximum absolute atomic E-state index is 12.5. The van der Waals surface area contributed by atoms with Gasteiger partial charge in [0, 0.05) is 11.7 Å². The summed E-state index contributed by atoms with van der Waals surface area (Å²) in [6.45, 7) is 6.75. The summed E-state index contributed by atoms with van der Waals surface area (Å²) in [6.07, 6.45) is -1.80. The molecule has 1 heterocycles. The van der Waals surface area contributed by atoms with Gasteiger partial charge in [0.15, 0.2) is 0 Å². The number of fused-ring (bicyclic) bond motifs is 1. The first-order valence-electron chi connectivity index (χ1n) is 11.2. The zero-order chi connectivity index (χ0) is 24.7. The molecular formula is C25H28F3N3O3. The summed E-state index contributed by atoms with van der Waals surface area (Å²) in [6, 6.07) is 11.2. The molecule has 0 spiro atoms. The first kappa shape index (κ1) is 23.9. The van der Waals surface area contributed by atoms with Gasteiger partial charge in [-0.25, -0.2) is 4.98 Å². The number of carboxylic acid groups (broad SMARTS) is 1. The van der Waals surface area contributed by atoms with E-state index in [-0.39, 0.29) is 23.6 Å². The molecule has 4 rings (SSSR count). The fraction of sp³-hybridized carbons (Fsp3) is 0.440. The lowest BCUT2D eigenvalue weighted by Crippen LogP contribution is -2.29. The van der Waals surface area contributed by atoms with Crippen molar-refractivity contribution in [1.29, 1.82) is 0 Å². The molecule has 9 heteroatoms. The molecule has 0 unspecified atom stereocenters. The number of rotatable bonds is 6. The Bertz CT molecular complexity index is 1190. The molecule has 1 saturated carbocycles. The fourth-order valence-electron chi connectivity index (χ4n) is 5.25. The van der Waals surface area contributed by atoms with Gasteiger partial charge >= 0.3 is 12.3 Å². The van der Waals surface area contributed by atoms with E-state index in [1.165, 1.54) is 24.3 Å². The van der Waals surface area contributed by atoms with Crippen LogP contribution in [0.1, 0.15) is 51.6 Å². The highest BCUT2D eigenvalue weighted by Crippen LogP contribution is 2.46. The van der Waals surface area contributed by atoms with Crippen molar-refractivity contribution in [3.8, 4) is 5.75 Å². The van der Waals surface area contributed by atoms with E-state index in [0.29, 0.717) is 28.6 Å². The van der Waals surface area contributed by atoms with Gasteiger partial charge in [-0.1, -0.05) is 26.8 Å². The molecule has 1 aliphatic rings. The van der Waals surface area contributed by atoms with Crippen molar-refractivity contribution in [2.24, 2.45) is 11.3 Å². The molecule has 34 heavy (non-hydrogen) atoms. The minimum Gasteiger partial charge on any atom is -0.481 e. The monoisotopic (exact) mass is 475 g/mol. The van der Waals surface area contributed by atoms with Crippen LogP contribution in [-0.4, -0.2) is 27.0 Å². The number of ether oxygens (including phenoxy) is 1. The van der Waals surface area contributed by atoms with Crippen LogP contribution in [0.2, 0.25) is 0 Å². The number of imidazole rings is 1. The molecule has 3 aromatic rings. The minimum absolute atomic E-state index is 0.0975. The van der Waals surface area contributed by atoms with Crippen molar-refractivity contribution in [1.82, 2.24) is 9.55 Å². The molecule has 1 aliphatic carbocycles. The molecule has 1 aromatic heterocycles. The molecule has 1 fully saturated rings. The lowest BCUT2D eigenvalue weighted by molar-refractivity contribution is -0.274. The largest absolute Gasteiger partial charge is 0.573 e. The summed E-state index contributed by atoms with van der Waals surface area (Å²) in [5.74, 6) is -0.125. The Morgan fingerprint density at radius 1 is 1.21 bits per heavy atom. The highest BCUT2D eigenvalue weighted by atomic mass is 19.4. The number of nitrogens with one attached hydrogen (secondary N) is 1. The predicted octanol–water partition coefficient (Wildman–Crippen LogP) is 6.69. The van der Waals surface area contributed by atoms with Crippen molar-refractivity contribution in [3.63, 3.8) is 0 Å². The van der Waals surface area contributed by atoms with Gasteiger partial charge < -0.3 is 19.7 Å². The van der Waals surface area contributed by atoms with Crippen LogP contribution < -0.4 is 10.1 Å². The van der Waals surface area contributed by atoms with Crippen LogP contribution in [0, 0.1) is 11.3 Å². The van der Waals surface area contributed by atoms with Gasteiger partial charge in [0.1, 0.15) is 5.75 Å². The van der Waals surface area contributed by atoms with Gasteiger partial charge in [0.25, 0.3) is 0 Å². The fourth-order valence-corrected chi connectivity index (χ4v) is 5.25. The number of hydrogen-bond donors (Lipinski definition) is 2. The Morgan fingerprint density at radius 2 is 1.91 bits per heavy atom. The van der Waals surface area contributed by atoms with Gasteiger partial charge in [0.2, 0.25) is 5.95 Å². The first-order valence-corrected chi connectivity index (χ1v) is 11.2. The lowest BCUT2D eigenvalue weighted by Gasteiger charge is -2.40. The Morgan fingerprint density at radius 3 is 2.53 bits per heavy atom. The van der Waals surface area contributed by atoms with E-state index >= 15 is 0 Å². The SMILES string of the molecule is C[C@@H]1C[C@H](n2c(Nc3ccc(OC(F)(F)F)cc3)nc3cc(CC(=O)O)ccc32)CC(C)(C)C1. The standard InChI is InChI=1S/C25H28F3N3O3/c1-15-10-18(14-24(2,3)13-15)31-21-9-4-16(12-22(32)33)11-20(21)30-23(31)29-17-5-7-19(8-6-17)34-25(26,27)28/h4-9,11,15,18H,10,12-14H2,1-3H3,(H,29,30)(H,32,33)/t15-,18+/m1/s1. The number of nitrogens with zero attached hydrogens (tertiary/aromatic N) is 2. The van der Waals surface area contributed by atoms with E-state index < -0.39 is 12.3 Å². The Balaban J connectivity index is 1.72. The van der Waals surface area contributed by atoms with Crippen LogP contribution in [-0.2, 0) is 11.2 Å². The molecule has 0 radical (unpaired) electrons. The van der Waals surface area contributed by atoms with Gasteiger partial charge in [-0.3, -0.25) is 4.79 Å². The smallest absolute Gasteiger partial charge is 0.481 e. The van der Waals surface area contributed by atoms with Gasteiger partial charge in [-0.15, -0.1) is 13.2 Å². The summed E-state index contributed by atoms with van der Waals surface area (Å²) >= 11 is 0. The normalized spacial score (nSPS) is 20.3. The lowest BCUT2D eigenvalue weighted by atomic mass is 9.70. The van der Waals surface area contributed by atoms with E-state index in [1.54, 1.807) is 12.1 Å². The Labute approximate surface area is 195 Å². The third-order valence-electron chi connectivity index (χ3n) is 6.18. The number of carboxylic acids is 1. The third kappa shape index (κ3) is 5.63. The summed E-state index contributed by atoms with van der Waals surface area (Å²) in [5.41, 5.74) is 2.94. The summed E-state index contributed by atoms with van der Waals surface area (Å²) in [4.78, 5) is 15.9. The molecule has 182 valence electrons. The highest BCUT2D eigenvalue weighted by molar-refractivity contribution is 5.82. The van der Waals surface area contributed by atoms with Crippen LogP contribution >= 0.6 is 0 Å². The topological polar surface area (TPSA) is 76.4 Å². The molecule has 2 aromatic carbocycles. The molecule has 0 aliphatic heterocycles. The summed E-state index contributed by atoms with van der Waals surface area (Å²) in [7, 11) is 0. The molecule has 6 nitrogen and oxygen atoms in total. The number of anilines is 2. The quantitative estimate of drug-likeness (QED) is 0.415. The second-order valence-electron chi connectivity index (χ2n) is 9.96. The first-order chi connectivity index (χ1) is 15.9.